The first kappa shape index (κ1) is 74.8. The van der Waals surface area contributed by atoms with E-state index in [2.05, 4.69) is 30.0 Å². The fourth-order valence-electron chi connectivity index (χ4n) is 10.5. The Morgan fingerprint density at radius 2 is 0.846 bits per heavy atom. The molecule has 6 aromatic carbocycles. The molecule has 6 heterocycles. The van der Waals surface area contributed by atoms with Crippen LogP contribution in [0.15, 0.2) is 169 Å². The Hall–Kier alpha value is -5.26. The van der Waals surface area contributed by atoms with Gasteiger partial charge in [-0.1, -0.05) is 93.9 Å². The first-order valence-corrected chi connectivity index (χ1v) is 32.1. The lowest BCUT2D eigenvalue weighted by Gasteiger charge is -2.35. The van der Waals surface area contributed by atoms with Gasteiger partial charge in [-0.3, -0.25) is 0 Å². The van der Waals surface area contributed by atoms with Gasteiger partial charge in [0.05, 0.1) is 33.0 Å². The zero-order valence-corrected chi connectivity index (χ0v) is 57.0. The Morgan fingerprint density at radius 1 is 0.495 bits per heavy atom. The maximum atomic E-state index is 13.0. The topological polar surface area (TPSA) is 230 Å². The molecule has 12 rings (SSSR count). The summed E-state index contributed by atoms with van der Waals surface area (Å²) in [6.45, 7) is 9.55. The molecule has 0 aliphatic carbocycles. The van der Waals surface area contributed by atoms with Gasteiger partial charge in [0.25, 0.3) is 0 Å². The molecule has 2 N–H and O–H groups in total. The third kappa shape index (κ3) is 17.8. The van der Waals surface area contributed by atoms with E-state index >= 15 is 0 Å². The maximum Gasteiger partial charge on any atom is 0.243 e. The minimum Gasteiger partial charge on any atom is -0.491 e. The summed E-state index contributed by atoms with van der Waals surface area (Å²) >= 11 is 25.3. The summed E-state index contributed by atoms with van der Waals surface area (Å²) in [5, 5.41) is 10.3. The number of aryl methyl sites for hydroxylation is 2. The van der Waals surface area contributed by atoms with E-state index < -0.39 is 31.6 Å². The Bertz CT molecular complexity index is 3560. The van der Waals surface area contributed by atoms with Crippen molar-refractivity contribution < 1.29 is 50.7 Å². The Balaban J connectivity index is 0.000000274. The van der Waals surface area contributed by atoms with Gasteiger partial charge in [0.1, 0.15) is 75.3 Å². The van der Waals surface area contributed by atoms with Gasteiger partial charge in [-0.25, -0.2) is 36.2 Å². The van der Waals surface area contributed by atoms with Crippen LogP contribution in [0.5, 0.6) is 11.5 Å². The number of halogens is 8. The number of hydrogen-bond acceptors (Lipinski definition) is 16. The quantitative estimate of drug-likeness (QED) is 0.0778. The third-order valence-electron chi connectivity index (χ3n) is 15.1. The molecule has 0 bridgehead atoms. The van der Waals surface area contributed by atoms with Crippen LogP contribution in [0.2, 0.25) is 20.1 Å². The highest BCUT2D eigenvalue weighted by atomic mass is 35.5. The molecule has 0 spiro atoms. The Labute approximate surface area is 573 Å². The zero-order chi connectivity index (χ0) is 60.1. The van der Waals surface area contributed by atoms with Gasteiger partial charge < -0.3 is 43.7 Å². The molecule has 0 saturated carbocycles. The fourth-order valence-corrected chi connectivity index (χ4v) is 14.5. The first-order valence-electron chi connectivity index (χ1n) is 27.7. The summed E-state index contributed by atoms with van der Waals surface area (Å²) in [5.41, 5.74) is 5.35. The monoisotopic (exact) mass is 1450 g/mol. The van der Waals surface area contributed by atoms with E-state index in [-0.39, 0.29) is 93.6 Å². The molecule has 4 unspecified atom stereocenters. The average molecular weight is 1450 g/mol. The lowest BCUT2D eigenvalue weighted by Crippen LogP contribution is -2.48. The summed E-state index contributed by atoms with van der Waals surface area (Å²) in [6, 6.07) is 39.9. The summed E-state index contributed by atoms with van der Waals surface area (Å²) in [5.74, 6) is -0.984. The molecule has 0 radical (unpaired) electrons. The summed E-state index contributed by atoms with van der Waals surface area (Å²) < 4.78 is 96.0. The van der Waals surface area contributed by atoms with E-state index in [0.717, 1.165) is 22.5 Å². The van der Waals surface area contributed by atoms with Crippen LogP contribution >= 0.6 is 96.0 Å². The van der Waals surface area contributed by atoms with Crippen molar-refractivity contribution in [2.45, 2.75) is 60.5 Å². The van der Waals surface area contributed by atoms with Crippen LogP contribution in [0.1, 0.15) is 22.3 Å². The van der Waals surface area contributed by atoms with Crippen LogP contribution < -0.4 is 19.3 Å². The third-order valence-corrected chi connectivity index (χ3v) is 20.1. The van der Waals surface area contributed by atoms with Gasteiger partial charge in [-0.15, -0.1) is 49.6 Å². The average Bonchev–Trinajstić information content (AvgIpc) is 1.74. The summed E-state index contributed by atoms with van der Waals surface area (Å²) in [6.07, 6.45) is 5.35. The standard InChI is InChI=1S/2C30H31Cl2N5O5S.4ClH.H2O/c2*1-22-2-9-27(10-3-22)43(38,39)37-14-12-35(13-15-37)24-5-7-25(8-6-24)40-17-26-18-41-30(42-26,19-36-21-33-20-34-36)28-11-4-23(31)16-29(28)32;;;;;/h2*2-11,16,20-21,26H,12-15,17-19H2,1H3;4*1H;1H2. The molecule has 492 valence electrons. The first-order chi connectivity index (χ1) is 41.4. The lowest BCUT2D eigenvalue weighted by molar-refractivity contribution is -0.191. The molecular formula is C60H68Cl8N10O11S2. The second-order valence-electron chi connectivity index (χ2n) is 21.1. The van der Waals surface area contributed by atoms with Crippen LogP contribution in [0.4, 0.5) is 11.4 Å². The van der Waals surface area contributed by atoms with Crippen molar-refractivity contribution in [2.75, 3.05) is 88.6 Å². The van der Waals surface area contributed by atoms with E-state index in [0.29, 0.717) is 118 Å². The molecule has 8 aromatic rings. The van der Waals surface area contributed by atoms with Gasteiger partial charge >= 0.3 is 0 Å². The van der Waals surface area contributed by atoms with Crippen molar-refractivity contribution in [2.24, 2.45) is 0 Å². The van der Waals surface area contributed by atoms with Crippen molar-refractivity contribution >= 4 is 127 Å². The molecule has 4 aliphatic heterocycles. The van der Waals surface area contributed by atoms with Crippen molar-refractivity contribution in [3.05, 3.63) is 201 Å². The number of rotatable bonds is 18. The van der Waals surface area contributed by atoms with Crippen LogP contribution in [0, 0.1) is 13.8 Å². The number of nitrogens with zero attached hydrogens (tertiary/aromatic N) is 10. The predicted molar refractivity (Wildman–Crippen MR) is 359 cm³/mol. The zero-order valence-electron chi connectivity index (χ0n) is 49.1. The molecule has 4 aliphatic rings. The van der Waals surface area contributed by atoms with Crippen molar-refractivity contribution in [1.29, 1.82) is 0 Å². The minimum absolute atomic E-state index is 0. The fraction of sp³-hybridized carbons (Fsp3) is 0.333. The minimum atomic E-state index is -3.51. The molecule has 31 heteroatoms. The molecule has 91 heavy (non-hydrogen) atoms. The molecule has 4 fully saturated rings. The van der Waals surface area contributed by atoms with Crippen LogP contribution in [-0.2, 0) is 63.7 Å². The van der Waals surface area contributed by atoms with E-state index in [4.69, 9.17) is 74.8 Å². The lowest BCUT2D eigenvalue weighted by atomic mass is 10.1. The molecule has 4 saturated heterocycles. The Kier molecular flexibility index (Phi) is 26.9. The van der Waals surface area contributed by atoms with Crippen LogP contribution in [0.3, 0.4) is 0 Å². The summed E-state index contributed by atoms with van der Waals surface area (Å²) in [4.78, 5) is 13.0. The predicted octanol–water partition coefficient (Wildman–Crippen LogP) is 10.4. The Morgan fingerprint density at radius 3 is 1.16 bits per heavy atom. The smallest absolute Gasteiger partial charge is 0.243 e. The maximum absolute atomic E-state index is 13.0. The number of piperazine rings is 2. The molecular weight excluding hydrogens is 1380 g/mol. The second kappa shape index (κ2) is 32.7. The van der Waals surface area contributed by atoms with Crippen LogP contribution in [0.25, 0.3) is 0 Å². The molecule has 21 nitrogen and oxygen atoms in total. The number of sulfonamides is 2. The van der Waals surface area contributed by atoms with Gasteiger partial charge in [0.2, 0.25) is 31.6 Å². The number of hydrogen-bond donors (Lipinski definition) is 0. The normalized spacial score (nSPS) is 20.1. The number of ether oxygens (including phenoxy) is 6. The van der Waals surface area contributed by atoms with Crippen molar-refractivity contribution in [3.63, 3.8) is 0 Å². The highest BCUT2D eigenvalue weighted by Crippen LogP contribution is 2.42. The van der Waals surface area contributed by atoms with Gasteiger partial charge in [-0.2, -0.15) is 18.8 Å². The van der Waals surface area contributed by atoms with Crippen LogP contribution in [-0.4, -0.2) is 151 Å². The summed E-state index contributed by atoms with van der Waals surface area (Å²) in [7, 11) is -7.02. The number of benzene rings is 6. The van der Waals surface area contributed by atoms with Gasteiger partial charge in [0, 0.05) is 84.9 Å². The van der Waals surface area contributed by atoms with E-state index in [9.17, 15) is 16.8 Å². The highest BCUT2D eigenvalue weighted by Gasteiger charge is 2.47. The van der Waals surface area contributed by atoms with E-state index in [1.165, 1.54) is 12.7 Å². The molecule has 4 atom stereocenters. The van der Waals surface area contributed by atoms with Crippen molar-refractivity contribution in [3.8, 4) is 11.5 Å². The highest BCUT2D eigenvalue weighted by molar-refractivity contribution is 7.89. The number of anilines is 2. The van der Waals surface area contributed by atoms with Gasteiger partial charge in [-0.05, 0) is 111 Å². The van der Waals surface area contributed by atoms with Crippen molar-refractivity contribution in [1.82, 2.24) is 38.1 Å². The van der Waals surface area contributed by atoms with E-state index in [1.807, 2.05) is 86.6 Å². The van der Waals surface area contributed by atoms with Gasteiger partial charge in [0.15, 0.2) is 0 Å². The second-order valence-corrected chi connectivity index (χ2v) is 26.6. The largest absolute Gasteiger partial charge is 0.491 e. The van der Waals surface area contributed by atoms with E-state index in [1.54, 1.807) is 91.3 Å². The number of aromatic nitrogens is 6. The SMILES string of the molecule is Cc1ccc(S(=O)(=O)N2CCN(c3ccc(OCC4COC(Cn5cncn5)(c5ccc(Cl)cc5Cl)O4)cc3)CC2)cc1.Cc1ccc(S(=O)(=O)N2CCN(c3ccc(OCC4COC(Cn5cncn5)(c5ccc(Cl)cc5Cl)O4)cc3)CC2)cc1.Cl.Cl.Cl.Cl.O. The molecule has 2 aromatic heterocycles. The molecule has 0 amide bonds.